The molecule has 0 bridgehead atoms. The van der Waals surface area contributed by atoms with Crippen molar-refractivity contribution in [3.63, 3.8) is 0 Å². The molecule has 0 saturated heterocycles. The molecule has 4 heteroatoms. The van der Waals surface area contributed by atoms with Gasteiger partial charge in [0.1, 0.15) is 0 Å². The minimum Gasteiger partial charge on any atom is -0.489 e. The molecular weight excluding hydrogens is 303 g/mol. The van der Waals surface area contributed by atoms with Gasteiger partial charge < -0.3 is 9.47 Å². The number of halogens is 2. The van der Waals surface area contributed by atoms with E-state index in [1.807, 2.05) is 6.07 Å². The Morgan fingerprint density at radius 3 is 2.94 bits per heavy atom. The van der Waals surface area contributed by atoms with Crippen LogP contribution < -0.4 is 9.47 Å². The fourth-order valence-corrected chi connectivity index (χ4v) is 3.63. The Bertz CT molecular complexity index is 448. The maximum absolute atomic E-state index is 6.34. The highest BCUT2D eigenvalue weighted by molar-refractivity contribution is 9.09. The average molecular weight is 318 g/mol. The summed E-state index contributed by atoms with van der Waals surface area (Å²) in [5.74, 6) is 1.71. The monoisotopic (exact) mass is 316 g/mol. The molecule has 0 saturated carbocycles. The Labute approximate surface area is 114 Å². The van der Waals surface area contributed by atoms with E-state index < -0.39 is 0 Å². The van der Waals surface area contributed by atoms with E-state index in [1.165, 1.54) is 17.5 Å². The first-order valence-corrected chi connectivity index (χ1v) is 7.31. The second kappa shape index (κ2) is 4.69. The molecule has 2 nitrogen and oxygen atoms in total. The Morgan fingerprint density at radius 1 is 1.24 bits per heavy atom. The van der Waals surface area contributed by atoms with Gasteiger partial charge in [0, 0.05) is 27.9 Å². The first kappa shape index (κ1) is 11.7. The Hall–Kier alpha value is -0.410. The summed E-state index contributed by atoms with van der Waals surface area (Å²) in [4.78, 5) is 0.334. The van der Waals surface area contributed by atoms with Gasteiger partial charge in [-0.1, -0.05) is 27.5 Å². The summed E-state index contributed by atoms with van der Waals surface area (Å²) in [6.07, 6.45) is 4.26. The molecule has 0 aromatic heterocycles. The minimum absolute atomic E-state index is 0.334. The highest BCUT2D eigenvalue weighted by Crippen LogP contribution is 2.49. The van der Waals surface area contributed by atoms with Crippen LogP contribution in [0.1, 0.15) is 35.2 Å². The van der Waals surface area contributed by atoms with Gasteiger partial charge in [-0.15, -0.1) is 0 Å². The lowest BCUT2D eigenvalue weighted by Gasteiger charge is -2.25. The molecular formula is C13H14BrClO2. The van der Waals surface area contributed by atoms with E-state index in [-0.39, 0.29) is 0 Å². The van der Waals surface area contributed by atoms with E-state index in [0.29, 0.717) is 11.4 Å². The quantitative estimate of drug-likeness (QED) is 0.665. The molecule has 0 fully saturated rings. The number of alkyl halides is 1. The summed E-state index contributed by atoms with van der Waals surface area (Å²) < 4.78 is 11.6. The molecule has 0 amide bonds. The van der Waals surface area contributed by atoms with Crippen LogP contribution in [-0.2, 0) is 6.42 Å². The van der Waals surface area contributed by atoms with Crippen molar-refractivity contribution in [3.05, 3.63) is 22.2 Å². The van der Waals surface area contributed by atoms with Crippen LogP contribution in [0.2, 0.25) is 5.02 Å². The van der Waals surface area contributed by atoms with Crippen molar-refractivity contribution in [3.8, 4) is 11.5 Å². The minimum atomic E-state index is 0.334. The lowest BCUT2D eigenvalue weighted by Crippen LogP contribution is -2.09. The molecule has 1 heterocycles. The van der Waals surface area contributed by atoms with Crippen LogP contribution >= 0.6 is 27.5 Å². The summed E-state index contributed by atoms with van der Waals surface area (Å²) in [5, 5.41) is 0.813. The molecule has 0 radical (unpaired) electrons. The lowest BCUT2D eigenvalue weighted by atomic mass is 9.90. The molecule has 92 valence electrons. The van der Waals surface area contributed by atoms with Crippen LogP contribution in [0.25, 0.3) is 0 Å². The van der Waals surface area contributed by atoms with Crippen molar-refractivity contribution in [1.29, 1.82) is 0 Å². The van der Waals surface area contributed by atoms with Gasteiger partial charge in [-0.05, 0) is 24.8 Å². The van der Waals surface area contributed by atoms with Crippen LogP contribution in [0.4, 0.5) is 0 Å². The van der Waals surface area contributed by atoms with Crippen molar-refractivity contribution >= 4 is 27.5 Å². The third-order valence-electron chi connectivity index (χ3n) is 3.33. The van der Waals surface area contributed by atoms with Crippen LogP contribution in [0.5, 0.6) is 11.5 Å². The van der Waals surface area contributed by atoms with Gasteiger partial charge in [0.05, 0.1) is 13.2 Å². The van der Waals surface area contributed by atoms with Crippen LogP contribution in [-0.4, -0.2) is 13.2 Å². The molecule has 1 aliphatic heterocycles. The molecule has 1 aromatic carbocycles. The largest absolute Gasteiger partial charge is 0.489 e. The van der Waals surface area contributed by atoms with Crippen LogP contribution in [0.3, 0.4) is 0 Å². The Morgan fingerprint density at radius 2 is 2.06 bits per heavy atom. The van der Waals surface area contributed by atoms with E-state index >= 15 is 0 Å². The molecule has 1 aliphatic carbocycles. The molecule has 0 spiro atoms. The number of benzene rings is 1. The van der Waals surface area contributed by atoms with Crippen molar-refractivity contribution in [2.24, 2.45) is 0 Å². The van der Waals surface area contributed by atoms with Crippen LogP contribution in [0.15, 0.2) is 6.07 Å². The molecule has 2 aliphatic rings. The summed E-state index contributed by atoms with van der Waals surface area (Å²) in [6.45, 7) is 1.43. The summed E-state index contributed by atoms with van der Waals surface area (Å²) in [5.41, 5.74) is 2.43. The van der Waals surface area contributed by atoms with E-state index in [4.69, 9.17) is 21.1 Å². The van der Waals surface area contributed by atoms with Gasteiger partial charge in [0.25, 0.3) is 0 Å². The molecule has 1 aromatic rings. The third-order valence-corrected chi connectivity index (χ3v) is 4.58. The van der Waals surface area contributed by atoms with E-state index in [0.717, 1.165) is 42.4 Å². The highest BCUT2D eigenvalue weighted by atomic mass is 79.9. The second-order valence-corrected chi connectivity index (χ2v) is 6.00. The molecule has 1 atom stereocenters. The Kier molecular flexibility index (Phi) is 3.22. The van der Waals surface area contributed by atoms with Gasteiger partial charge in [-0.3, -0.25) is 0 Å². The Balaban J connectivity index is 2.18. The maximum atomic E-state index is 6.34. The summed E-state index contributed by atoms with van der Waals surface area (Å²) in [6, 6.07) is 1.91. The van der Waals surface area contributed by atoms with Crippen molar-refractivity contribution in [2.45, 2.75) is 30.5 Å². The molecule has 17 heavy (non-hydrogen) atoms. The van der Waals surface area contributed by atoms with Crippen LogP contribution in [0, 0.1) is 0 Å². The first-order chi connectivity index (χ1) is 8.27. The highest BCUT2D eigenvalue weighted by Gasteiger charge is 2.28. The molecule has 3 rings (SSSR count). The number of ether oxygens (including phenoxy) is 2. The second-order valence-electron chi connectivity index (χ2n) is 4.49. The number of hydrogen-bond donors (Lipinski definition) is 0. The van der Waals surface area contributed by atoms with Crippen molar-refractivity contribution in [1.82, 2.24) is 0 Å². The standard InChI is InChI=1S/C13H14BrClO2/c14-9-4-1-3-8-10(15)7-11-13(12(8)9)17-6-2-5-16-11/h7,9H,1-6H2. The SMILES string of the molecule is Clc1cc2c(c3c1CCCC3Br)OCCCO2. The van der Waals surface area contributed by atoms with E-state index in [1.54, 1.807) is 0 Å². The average Bonchev–Trinajstić information content (AvgIpc) is 2.55. The predicted molar refractivity (Wildman–Crippen MR) is 71.7 cm³/mol. The number of hydrogen-bond acceptors (Lipinski definition) is 2. The summed E-state index contributed by atoms with van der Waals surface area (Å²) >= 11 is 10.1. The number of rotatable bonds is 0. The fraction of sp³-hybridized carbons (Fsp3) is 0.538. The van der Waals surface area contributed by atoms with E-state index in [9.17, 15) is 0 Å². The smallest absolute Gasteiger partial charge is 0.165 e. The number of fused-ring (bicyclic) bond motifs is 3. The zero-order valence-electron chi connectivity index (χ0n) is 9.47. The zero-order chi connectivity index (χ0) is 11.8. The zero-order valence-corrected chi connectivity index (χ0v) is 11.8. The fourth-order valence-electron chi connectivity index (χ4n) is 2.53. The van der Waals surface area contributed by atoms with E-state index in [2.05, 4.69) is 15.9 Å². The van der Waals surface area contributed by atoms with Gasteiger partial charge >= 0.3 is 0 Å². The van der Waals surface area contributed by atoms with Crippen molar-refractivity contribution in [2.75, 3.05) is 13.2 Å². The van der Waals surface area contributed by atoms with Gasteiger partial charge in [0.2, 0.25) is 0 Å². The maximum Gasteiger partial charge on any atom is 0.165 e. The molecule has 0 N–H and O–H groups in total. The predicted octanol–water partition coefficient (Wildman–Crippen LogP) is 4.27. The summed E-state index contributed by atoms with van der Waals surface area (Å²) in [7, 11) is 0. The van der Waals surface area contributed by atoms with Gasteiger partial charge in [-0.2, -0.15) is 0 Å². The third kappa shape index (κ3) is 2.04. The lowest BCUT2D eigenvalue weighted by molar-refractivity contribution is 0.296. The van der Waals surface area contributed by atoms with Crippen molar-refractivity contribution < 1.29 is 9.47 Å². The van der Waals surface area contributed by atoms with Gasteiger partial charge in [0.15, 0.2) is 11.5 Å². The first-order valence-electron chi connectivity index (χ1n) is 6.02. The van der Waals surface area contributed by atoms with Gasteiger partial charge in [-0.25, -0.2) is 0 Å². The topological polar surface area (TPSA) is 18.5 Å². The normalized spacial score (nSPS) is 22.8. The molecule has 1 unspecified atom stereocenters.